The summed E-state index contributed by atoms with van der Waals surface area (Å²) < 4.78 is 5.49. The molecule has 4 rings (SSSR count). The van der Waals surface area contributed by atoms with Crippen molar-refractivity contribution in [2.75, 3.05) is 18.5 Å². The van der Waals surface area contributed by atoms with Gasteiger partial charge in [-0.3, -0.25) is 0 Å². The van der Waals surface area contributed by atoms with Crippen molar-refractivity contribution in [1.82, 2.24) is 0 Å². The Labute approximate surface area is 126 Å². The first kappa shape index (κ1) is 12.9. The third-order valence-electron chi connectivity index (χ3n) is 4.86. The SMILES string of the molecule is CC(Nc1ccc2c(c1)Cc1ccccc1-2)C1CCOC1. The van der Waals surface area contributed by atoms with E-state index in [1.807, 2.05) is 0 Å². The van der Waals surface area contributed by atoms with Gasteiger partial charge in [0.05, 0.1) is 6.61 Å². The third-order valence-corrected chi connectivity index (χ3v) is 4.86. The molecule has 2 atom stereocenters. The lowest BCUT2D eigenvalue weighted by molar-refractivity contribution is 0.183. The summed E-state index contributed by atoms with van der Waals surface area (Å²) in [7, 11) is 0. The predicted octanol–water partition coefficient (Wildman–Crippen LogP) is 4.09. The molecule has 1 saturated heterocycles. The lowest BCUT2D eigenvalue weighted by Gasteiger charge is -2.21. The molecule has 0 spiro atoms. The fourth-order valence-electron chi connectivity index (χ4n) is 3.56. The van der Waals surface area contributed by atoms with E-state index in [4.69, 9.17) is 4.74 Å². The molecule has 0 aromatic heterocycles. The maximum absolute atomic E-state index is 5.49. The van der Waals surface area contributed by atoms with Crippen LogP contribution in [-0.2, 0) is 11.2 Å². The second-order valence-electron chi connectivity index (χ2n) is 6.26. The van der Waals surface area contributed by atoms with Crippen LogP contribution in [0.25, 0.3) is 11.1 Å². The Bertz CT molecular complexity index is 658. The van der Waals surface area contributed by atoms with Crippen molar-refractivity contribution in [3.63, 3.8) is 0 Å². The minimum atomic E-state index is 0.467. The molecule has 2 unspecified atom stereocenters. The van der Waals surface area contributed by atoms with E-state index in [9.17, 15) is 0 Å². The maximum Gasteiger partial charge on any atom is 0.0514 e. The number of rotatable bonds is 3. The molecule has 2 aliphatic rings. The first-order chi connectivity index (χ1) is 10.3. The van der Waals surface area contributed by atoms with Gasteiger partial charge in [-0.1, -0.05) is 30.3 Å². The monoisotopic (exact) mass is 279 g/mol. The molecular formula is C19H21NO. The molecule has 108 valence electrons. The summed E-state index contributed by atoms with van der Waals surface area (Å²) in [6.07, 6.45) is 2.23. The summed E-state index contributed by atoms with van der Waals surface area (Å²) in [6.45, 7) is 4.07. The highest BCUT2D eigenvalue weighted by Crippen LogP contribution is 2.37. The van der Waals surface area contributed by atoms with Gasteiger partial charge in [-0.05, 0) is 54.2 Å². The van der Waals surface area contributed by atoms with E-state index < -0.39 is 0 Å². The third kappa shape index (κ3) is 2.34. The van der Waals surface area contributed by atoms with Crippen molar-refractivity contribution < 1.29 is 4.74 Å². The van der Waals surface area contributed by atoms with Gasteiger partial charge in [0.2, 0.25) is 0 Å². The van der Waals surface area contributed by atoms with Gasteiger partial charge in [0.15, 0.2) is 0 Å². The molecule has 1 heterocycles. The normalized spacial score (nSPS) is 20.9. The van der Waals surface area contributed by atoms with Gasteiger partial charge < -0.3 is 10.1 Å². The van der Waals surface area contributed by atoms with Crippen LogP contribution < -0.4 is 5.32 Å². The molecule has 0 radical (unpaired) electrons. The summed E-state index contributed by atoms with van der Waals surface area (Å²) in [6, 6.07) is 16.0. The van der Waals surface area contributed by atoms with Crippen LogP contribution in [0.3, 0.4) is 0 Å². The second-order valence-corrected chi connectivity index (χ2v) is 6.26. The van der Waals surface area contributed by atoms with E-state index in [2.05, 4.69) is 54.7 Å². The van der Waals surface area contributed by atoms with Crippen molar-refractivity contribution in [3.05, 3.63) is 53.6 Å². The van der Waals surface area contributed by atoms with E-state index in [1.54, 1.807) is 0 Å². The fraction of sp³-hybridized carbons (Fsp3) is 0.368. The standard InChI is InChI=1S/C19H21NO/c1-13(15-8-9-21-12-15)20-17-6-7-19-16(11-17)10-14-4-2-3-5-18(14)19/h2-7,11,13,15,20H,8-10,12H2,1H3. The largest absolute Gasteiger partial charge is 0.382 e. The Morgan fingerprint density at radius 3 is 2.81 bits per heavy atom. The van der Waals surface area contributed by atoms with Gasteiger partial charge >= 0.3 is 0 Å². The van der Waals surface area contributed by atoms with Gasteiger partial charge in [-0.15, -0.1) is 0 Å². The Morgan fingerprint density at radius 2 is 1.95 bits per heavy atom. The number of anilines is 1. The van der Waals surface area contributed by atoms with E-state index in [-0.39, 0.29) is 0 Å². The van der Waals surface area contributed by atoms with E-state index in [1.165, 1.54) is 34.4 Å². The number of hydrogen-bond donors (Lipinski definition) is 1. The average Bonchev–Trinajstić information content (AvgIpc) is 3.14. The van der Waals surface area contributed by atoms with Crippen LogP contribution in [-0.4, -0.2) is 19.3 Å². The Hall–Kier alpha value is -1.80. The number of hydrogen-bond acceptors (Lipinski definition) is 2. The first-order valence-electron chi connectivity index (χ1n) is 7.87. The zero-order valence-electron chi connectivity index (χ0n) is 12.4. The summed E-state index contributed by atoms with van der Waals surface area (Å²) in [5, 5.41) is 3.66. The minimum Gasteiger partial charge on any atom is -0.382 e. The molecule has 1 N–H and O–H groups in total. The first-order valence-corrected chi connectivity index (χ1v) is 7.87. The highest BCUT2D eigenvalue weighted by atomic mass is 16.5. The smallest absolute Gasteiger partial charge is 0.0514 e. The molecule has 2 aromatic carbocycles. The number of ether oxygens (including phenoxy) is 1. The zero-order valence-corrected chi connectivity index (χ0v) is 12.4. The molecular weight excluding hydrogens is 258 g/mol. The predicted molar refractivity (Wildman–Crippen MR) is 86.7 cm³/mol. The summed E-state index contributed by atoms with van der Waals surface area (Å²) >= 11 is 0. The van der Waals surface area contributed by atoms with Gasteiger partial charge in [-0.25, -0.2) is 0 Å². The van der Waals surface area contributed by atoms with Crippen molar-refractivity contribution in [2.24, 2.45) is 5.92 Å². The van der Waals surface area contributed by atoms with Gasteiger partial charge in [0.1, 0.15) is 0 Å². The average molecular weight is 279 g/mol. The van der Waals surface area contributed by atoms with E-state index >= 15 is 0 Å². The fourth-order valence-corrected chi connectivity index (χ4v) is 3.56. The molecule has 2 heteroatoms. The molecule has 0 saturated carbocycles. The lowest BCUT2D eigenvalue weighted by atomic mass is 10.00. The summed E-state index contributed by atoms with van der Waals surface area (Å²) in [4.78, 5) is 0. The number of benzene rings is 2. The highest BCUT2D eigenvalue weighted by molar-refractivity contribution is 5.78. The molecule has 0 amide bonds. The molecule has 0 bridgehead atoms. The Morgan fingerprint density at radius 1 is 1.10 bits per heavy atom. The number of nitrogens with one attached hydrogen (secondary N) is 1. The van der Waals surface area contributed by atoms with E-state index in [0.29, 0.717) is 12.0 Å². The van der Waals surface area contributed by atoms with Crippen molar-refractivity contribution in [3.8, 4) is 11.1 Å². The van der Waals surface area contributed by atoms with Crippen LogP contribution >= 0.6 is 0 Å². The Balaban J connectivity index is 1.56. The topological polar surface area (TPSA) is 21.3 Å². The molecule has 2 nitrogen and oxygen atoms in total. The van der Waals surface area contributed by atoms with Crippen LogP contribution in [0.4, 0.5) is 5.69 Å². The summed E-state index contributed by atoms with van der Waals surface area (Å²) in [5.41, 5.74) is 6.92. The van der Waals surface area contributed by atoms with Crippen molar-refractivity contribution in [2.45, 2.75) is 25.8 Å². The van der Waals surface area contributed by atoms with Crippen LogP contribution in [0, 0.1) is 5.92 Å². The zero-order chi connectivity index (χ0) is 14.2. The summed E-state index contributed by atoms with van der Waals surface area (Å²) in [5.74, 6) is 0.635. The van der Waals surface area contributed by atoms with E-state index in [0.717, 1.165) is 19.6 Å². The molecule has 1 fully saturated rings. The van der Waals surface area contributed by atoms with Gasteiger partial charge in [-0.2, -0.15) is 0 Å². The molecule has 1 aliphatic carbocycles. The van der Waals surface area contributed by atoms with Gasteiger partial charge in [0.25, 0.3) is 0 Å². The van der Waals surface area contributed by atoms with Crippen LogP contribution in [0.2, 0.25) is 0 Å². The van der Waals surface area contributed by atoms with Crippen LogP contribution in [0.5, 0.6) is 0 Å². The molecule has 1 aliphatic heterocycles. The maximum atomic E-state index is 5.49. The van der Waals surface area contributed by atoms with Gasteiger partial charge in [0, 0.05) is 24.3 Å². The molecule has 2 aromatic rings. The van der Waals surface area contributed by atoms with Crippen molar-refractivity contribution >= 4 is 5.69 Å². The second kappa shape index (κ2) is 5.19. The number of fused-ring (bicyclic) bond motifs is 3. The quantitative estimate of drug-likeness (QED) is 0.779. The molecule has 21 heavy (non-hydrogen) atoms. The minimum absolute atomic E-state index is 0.467. The Kier molecular flexibility index (Phi) is 3.19. The van der Waals surface area contributed by atoms with Crippen molar-refractivity contribution in [1.29, 1.82) is 0 Å². The lowest BCUT2D eigenvalue weighted by Crippen LogP contribution is -2.26. The van der Waals surface area contributed by atoms with Crippen LogP contribution in [0.1, 0.15) is 24.5 Å². The van der Waals surface area contributed by atoms with Crippen LogP contribution in [0.15, 0.2) is 42.5 Å². The highest BCUT2D eigenvalue weighted by Gasteiger charge is 2.23.